The molecule has 0 bridgehead atoms. The van der Waals surface area contributed by atoms with Crippen molar-refractivity contribution < 1.29 is 19.1 Å². The Morgan fingerprint density at radius 1 is 0.966 bits per heavy atom. The van der Waals surface area contributed by atoms with Crippen molar-refractivity contribution in [1.82, 2.24) is 10.2 Å². The van der Waals surface area contributed by atoms with Crippen LogP contribution in [0.4, 0.5) is 0 Å². The van der Waals surface area contributed by atoms with Gasteiger partial charge in [0.1, 0.15) is 11.5 Å². The van der Waals surface area contributed by atoms with Crippen LogP contribution in [0, 0.1) is 5.92 Å². The van der Waals surface area contributed by atoms with E-state index >= 15 is 0 Å². The van der Waals surface area contributed by atoms with Crippen molar-refractivity contribution in [3.63, 3.8) is 0 Å². The van der Waals surface area contributed by atoms with Crippen LogP contribution in [-0.4, -0.2) is 50.1 Å². The van der Waals surface area contributed by atoms with Gasteiger partial charge < -0.3 is 19.7 Å². The minimum atomic E-state index is -0.0238. The summed E-state index contributed by atoms with van der Waals surface area (Å²) in [5.41, 5.74) is 0.566. The number of nitrogens with one attached hydrogen (secondary N) is 1. The first-order valence-corrected chi connectivity index (χ1v) is 10.9. The molecule has 1 aliphatic heterocycles. The molecule has 1 heterocycles. The molecule has 0 unspecified atom stereocenters. The second kappa shape index (κ2) is 10.5. The van der Waals surface area contributed by atoms with Crippen molar-refractivity contribution in [2.75, 3.05) is 27.3 Å². The van der Waals surface area contributed by atoms with Crippen molar-refractivity contribution in [2.24, 2.45) is 5.92 Å². The van der Waals surface area contributed by atoms with E-state index in [0.717, 1.165) is 25.2 Å². The molecular weight excluding hydrogens is 368 g/mol. The number of methoxy groups -OCH3 is 2. The third-order valence-corrected chi connectivity index (χ3v) is 6.25. The average Bonchev–Trinajstić information content (AvgIpc) is 2.78. The fraction of sp³-hybridized carbons (Fsp3) is 0.652. The van der Waals surface area contributed by atoms with Gasteiger partial charge in [-0.25, -0.2) is 0 Å². The molecular formula is C23H34N2O4. The lowest BCUT2D eigenvalue weighted by atomic mass is 9.86. The first-order valence-electron chi connectivity index (χ1n) is 10.9. The number of carbonyl (C=O) groups is 2. The highest BCUT2D eigenvalue weighted by molar-refractivity contribution is 5.95. The Morgan fingerprint density at radius 3 is 2.17 bits per heavy atom. The van der Waals surface area contributed by atoms with Crippen LogP contribution in [-0.2, 0) is 4.79 Å². The number of piperidine rings is 1. The van der Waals surface area contributed by atoms with Crippen LogP contribution < -0.4 is 14.8 Å². The van der Waals surface area contributed by atoms with E-state index in [1.54, 1.807) is 32.4 Å². The summed E-state index contributed by atoms with van der Waals surface area (Å²) in [6.07, 6.45) is 9.78. The van der Waals surface area contributed by atoms with Gasteiger partial charge in [-0.15, -0.1) is 0 Å². The Kier molecular flexibility index (Phi) is 7.78. The SMILES string of the molecule is COc1cc(OC)cc(C(=O)N2CCC(NC(=O)CCC3CCCCC3)CC2)c1. The van der Waals surface area contributed by atoms with E-state index in [1.165, 1.54) is 32.1 Å². The van der Waals surface area contributed by atoms with E-state index in [4.69, 9.17) is 9.47 Å². The molecule has 2 amide bonds. The number of rotatable bonds is 7. The number of ether oxygens (including phenoxy) is 2. The topological polar surface area (TPSA) is 67.9 Å². The number of hydrogen-bond donors (Lipinski definition) is 1. The third kappa shape index (κ3) is 6.12. The van der Waals surface area contributed by atoms with Crippen LogP contribution in [0.25, 0.3) is 0 Å². The zero-order chi connectivity index (χ0) is 20.6. The average molecular weight is 403 g/mol. The molecule has 0 radical (unpaired) electrons. The second-order valence-electron chi connectivity index (χ2n) is 8.28. The van der Waals surface area contributed by atoms with Gasteiger partial charge in [0.15, 0.2) is 0 Å². The molecule has 1 saturated heterocycles. The van der Waals surface area contributed by atoms with Gasteiger partial charge in [0.25, 0.3) is 5.91 Å². The molecule has 1 aromatic rings. The van der Waals surface area contributed by atoms with Gasteiger partial charge in [-0.05, 0) is 37.3 Å². The minimum Gasteiger partial charge on any atom is -0.497 e. The summed E-state index contributed by atoms with van der Waals surface area (Å²) in [5.74, 6) is 2.08. The zero-order valence-corrected chi connectivity index (χ0v) is 17.7. The third-order valence-electron chi connectivity index (χ3n) is 6.25. The highest BCUT2D eigenvalue weighted by Crippen LogP contribution is 2.27. The summed E-state index contributed by atoms with van der Waals surface area (Å²) in [6.45, 7) is 1.29. The van der Waals surface area contributed by atoms with E-state index in [2.05, 4.69) is 5.32 Å². The predicted molar refractivity (Wildman–Crippen MR) is 112 cm³/mol. The number of hydrogen-bond acceptors (Lipinski definition) is 4. The highest BCUT2D eigenvalue weighted by atomic mass is 16.5. The number of nitrogens with zero attached hydrogens (tertiary/aromatic N) is 1. The van der Waals surface area contributed by atoms with Crippen molar-refractivity contribution in [2.45, 2.75) is 63.8 Å². The van der Waals surface area contributed by atoms with Gasteiger partial charge >= 0.3 is 0 Å². The Bertz CT molecular complexity index is 670. The lowest BCUT2D eigenvalue weighted by Crippen LogP contribution is -2.46. The molecule has 0 atom stereocenters. The lowest BCUT2D eigenvalue weighted by Gasteiger charge is -2.32. The molecule has 160 valence electrons. The molecule has 0 aromatic heterocycles. The van der Waals surface area contributed by atoms with E-state index < -0.39 is 0 Å². The fourth-order valence-corrected chi connectivity index (χ4v) is 4.45. The molecule has 1 N–H and O–H groups in total. The van der Waals surface area contributed by atoms with Gasteiger partial charge in [0.2, 0.25) is 5.91 Å². The van der Waals surface area contributed by atoms with Crippen LogP contribution in [0.1, 0.15) is 68.1 Å². The summed E-state index contributed by atoms with van der Waals surface area (Å²) >= 11 is 0. The summed E-state index contributed by atoms with van der Waals surface area (Å²) in [7, 11) is 3.15. The van der Waals surface area contributed by atoms with Crippen LogP contribution in [0.2, 0.25) is 0 Å². The van der Waals surface area contributed by atoms with Gasteiger partial charge in [-0.2, -0.15) is 0 Å². The Hall–Kier alpha value is -2.24. The van der Waals surface area contributed by atoms with Crippen molar-refractivity contribution >= 4 is 11.8 Å². The maximum atomic E-state index is 12.9. The Morgan fingerprint density at radius 2 is 1.59 bits per heavy atom. The van der Waals surface area contributed by atoms with Crippen LogP contribution in [0.5, 0.6) is 11.5 Å². The van der Waals surface area contributed by atoms with E-state index in [1.807, 2.05) is 4.90 Å². The standard InChI is InChI=1S/C23H34N2O4/c1-28-20-14-18(15-21(16-20)29-2)23(27)25-12-10-19(11-13-25)24-22(26)9-8-17-6-4-3-5-7-17/h14-17,19H,3-13H2,1-2H3,(H,24,26). The smallest absolute Gasteiger partial charge is 0.254 e. The molecule has 1 aromatic carbocycles. The summed E-state index contributed by atoms with van der Waals surface area (Å²) in [4.78, 5) is 27.0. The van der Waals surface area contributed by atoms with Gasteiger partial charge in [0, 0.05) is 37.2 Å². The molecule has 6 nitrogen and oxygen atoms in total. The van der Waals surface area contributed by atoms with Gasteiger partial charge in [0.05, 0.1) is 14.2 Å². The number of carbonyl (C=O) groups excluding carboxylic acids is 2. The van der Waals surface area contributed by atoms with Crippen LogP contribution in [0.3, 0.4) is 0 Å². The molecule has 1 saturated carbocycles. The predicted octanol–water partition coefficient (Wildman–Crippen LogP) is 3.79. The first kappa shape index (κ1) is 21.5. The second-order valence-corrected chi connectivity index (χ2v) is 8.28. The van der Waals surface area contributed by atoms with Crippen molar-refractivity contribution in [3.05, 3.63) is 23.8 Å². The molecule has 0 spiro atoms. The molecule has 1 aliphatic carbocycles. The molecule has 2 fully saturated rings. The van der Waals surface area contributed by atoms with Crippen LogP contribution in [0.15, 0.2) is 18.2 Å². The summed E-state index contributed by atoms with van der Waals surface area (Å²) < 4.78 is 10.5. The fourth-order valence-electron chi connectivity index (χ4n) is 4.45. The van der Waals surface area contributed by atoms with E-state index in [-0.39, 0.29) is 17.9 Å². The molecule has 29 heavy (non-hydrogen) atoms. The highest BCUT2D eigenvalue weighted by Gasteiger charge is 2.25. The molecule has 6 heteroatoms. The van der Waals surface area contributed by atoms with Crippen LogP contribution >= 0.6 is 0 Å². The normalized spacial score (nSPS) is 18.3. The van der Waals surface area contributed by atoms with E-state index in [0.29, 0.717) is 36.6 Å². The van der Waals surface area contributed by atoms with Crippen molar-refractivity contribution in [3.8, 4) is 11.5 Å². The Labute approximate surface area is 173 Å². The first-order chi connectivity index (χ1) is 14.1. The monoisotopic (exact) mass is 402 g/mol. The molecule has 3 rings (SSSR count). The lowest BCUT2D eigenvalue weighted by molar-refractivity contribution is -0.122. The minimum absolute atomic E-state index is 0.0238. The van der Waals surface area contributed by atoms with Gasteiger partial charge in [-0.1, -0.05) is 32.1 Å². The molecule has 2 aliphatic rings. The zero-order valence-electron chi connectivity index (χ0n) is 17.7. The number of likely N-dealkylation sites (tertiary alicyclic amines) is 1. The summed E-state index contributed by atoms with van der Waals surface area (Å²) in [5, 5.41) is 3.18. The summed E-state index contributed by atoms with van der Waals surface area (Å²) in [6, 6.07) is 5.40. The van der Waals surface area contributed by atoms with Gasteiger partial charge in [-0.3, -0.25) is 9.59 Å². The quantitative estimate of drug-likeness (QED) is 0.754. The Balaban J connectivity index is 1.45. The van der Waals surface area contributed by atoms with E-state index in [9.17, 15) is 9.59 Å². The van der Waals surface area contributed by atoms with Crippen molar-refractivity contribution in [1.29, 1.82) is 0 Å². The number of benzene rings is 1. The largest absolute Gasteiger partial charge is 0.497 e. The number of amides is 2. The maximum Gasteiger partial charge on any atom is 0.254 e. The maximum absolute atomic E-state index is 12.9.